The molecule has 224 valence electrons. The Balaban J connectivity index is 1.29. The van der Waals surface area contributed by atoms with Gasteiger partial charge in [-0.2, -0.15) is 19.6 Å². The third-order valence-corrected chi connectivity index (χ3v) is 7.08. The number of amides is 2. The largest absolute Gasteiger partial charge is 0.339 e. The van der Waals surface area contributed by atoms with Crippen LogP contribution in [0.1, 0.15) is 35.7 Å². The van der Waals surface area contributed by atoms with E-state index in [1.165, 1.54) is 6.08 Å². The summed E-state index contributed by atoms with van der Waals surface area (Å²) in [5, 5.41) is 13.6. The SMILES string of the molecule is CCc1cnn2c(Nc3cccc(NC(=O)c4ccc(NC(=O)/C=C/CN(C)C)cc4)c3)nc(N3CCCC(N)C3)nc12. The highest BCUT2D eigenvalue weighted by Crippen LogP contribution is 2.25. The molecule has 12 nitrogen and oxygen atoms in total. The van der Waals surface area contributed by atoms with Crippen LogP contribution >= 0.6 is 0 Å². The molecule has 0 saturated carbocycles. The van der Waals surface area contributed by atoms with Crippen molar-refractivity contribution in [3.63, 3.8) is 0 Å². The van der Waals surface area contributed by atoms with Gasteiger partial charge >= 0.3 is 0 Å². The summed E-state index contributed by atoms with van der Waals surface area (Å²) in [6, 6.07) is 14.2. The van der Waals surface area contributed by atoms with Crippen molar-refractivity contribution in [2.24, 2.45) is 5.73 Å². The first-order chi connectivity index (χ1) is 20.8. The number of likely N-dealkylation sites (N-methyl/N-ethyl adjacent to an activating group) is 1. The number of benzene rings is 2. The Morgan fingerprint density at radius 1 is 1.07 bits per heavy atom. The predicted molar refractivity (Wildman–Crippen MR) is 170 cm³/mol. The summed E-state index contributed by atoms with van der Waals surface area (Å²) in [4.78, 5) is 38.8. The van der Waals surface area contributed by atoms with Gasteiger partial charge in [-0.25, -0.2) is 0 Å². The lowest BCUT2D eigenvalue weighted by atomic mass is 10.1. The van der Waals surface area contributed by atoms with Gasteiger partial charge in [0, 0.05) is 59.9 Å². The lowest BCUT2D eigenvalue weighted by Crippen LogP contribution is -2.43. The summed E-state index contributed by atoms with van der Waals surface area (Å²) in [5.74, 6) is 0.649. The van der Waals surface area contributed by atoms with Gasteiger partial charge in [0.1, 0.15) is 0 Å². The van der Waals surface area contributed by atoms with E-state index in [1.54, 1.807) is 34.9 Å². The Kier molecular flexibility index (Phi) is 9.28. The van der Waals surface area contributed by atoms with E-state index in [0.29, 0.717) is 41.9 Å². The Bertz CT molecular complexity index is 1610. The van der Waals surface area contributed by atoms with Gasteiger partial charge in [-0.05, 0) is 75.8 Å². The Labute approximate surface area is 251 Å². The van der Waals surface area contributed by atoms with Crippen LogP contribution < -0.4 is 26.6 Å². The number of anilines is 5. The second kappa shape index (κ2) is 13.4. The van der Waals surface area contributed by atoms with Crippen molar-refractivity contribution in [1.29, 1.82) is 0 Å². The number of carbonyl (C=O) groups excluding carboxylic acids is 2. The minimum atomic E-state index is -0.270. The van der Waals surface area contributed by atoms with Crippen molar-refractivity contribution in [1.82, 2.24) is 24.5 Å². The van der Waals surface area contributed by atoms with Gasteiger partial charge in [0.05, 0.1) is 6.20 Å². The number of carbonyl (C=O) groups is 2. The molecule has 2 amide bonds. The van der Waals surface area contributed by atoms with Crippen molar-refractivity contribution in [3.05, 3.63) is 78.0 Å². The molecule has 5 rings (SSSR count). The number of nitrogens with zero attached hydrogens (tertiary/aromatic N) is 6. The van der Waals surface area contributed by atoms with E-state index < -0.39 is 0 Å². The molecule has 2 aromatic heterocycles. The molecule has 43 heavy (non-hydrogen) atoms. The Hall–Kier alpha value is -4.81. The van der Waals surface area contributed by atoms with E-state index in [0.717, 1.165) is 42.7 Å². The van der Waals surface area contributed by atoms with Gasteiger partial charge in [-0.15, -0.1) is 0 Å². The van der Waals surface area contributed by atoms with Crippen molar-refractivity contribution in [3.8, 4) is 0 Å². The van der Waals surface area contributed by atoms with Crippen molar-refractivity contribution in [2.45, 2.75) is 32.2 Å². The maximum absolute atomic E-state index is 13.0. The van der Waals surface area contributed by atoms with Crippen LogP contribution in [0.5, 0.6) is 0 Å². The van der Waals surface area contributed by atoms with E-state index in [-0.39, 0.29) is 17.9 Å². The van der Waals surface area contributed by atoms with Gasteiger partial charge in [0.15, 0.2) is 5.65 Å². The number of piperidine rings is 1. The zero-order valence-corrected chi connectivity index (χ0v) is 24.7. The molecular weight excluding hydrogens is 544 g/mol. The quantitative estimate of drug-likeness (QED) is 0.206. The van der Waals surface area contributed by atoms with Crippen molar-refractivity contribution >= 4 is 46.4 Å². The molecule has 1 fully saturated rings. The molecule has 4 aromatic rings. The van der Waals surface area contributed by atoms with Crippen LogP contribution in [0.25, 0.3) is 5.65 Å². The highest BCUT2D eigenvalue weighted by molar-refractivity contribution is 6.05. The van der Waals surface area contributed by atoms with Crippen LogP contribution in [-0.4, -0.2) is 76.1 Å². The van der Waals surface area contributed by atoms with Crippen LogP contribution in [0.3, 0.4) is 0 Å². The van der Waals surface area contributed by atoms with E-state index >= 15 is 0 Å². The molecule has 12 heteroatoms. The highest BCUT2D eigenvalue weighted by Gasteiger charge is 2.22. The van der Waals surface area contributed by atoms with E-state index in [1.807, 2.05) is 49.5 Å². The van der Waals surface area contributed by atoms with E-state index in [4.69, 9.17) is 15.7 Å². The normalized spacial score (nSPS) is 15.3. The molecule has 5 N–H and O–H groups in total. The molecule has 1 saturated heterocycles. The van der Waals surface area contributed by atoms with E-state index in [9.17, 15) is 9.59 Å². The number of hydrogen-bond acceptors (Lipinski definition) is 9. The number of fused-ring (bicyclic) bond motifs is 1. The average molecular weight is 583 g/mol. The standard InChI is InChI=1S/C31H38N10O2/c1-4-21-19-33-41-28(21)37-30(40-17-6-8-23(32)20-40)38-31(41)36-26-10-5-9-25(18-26)35-29(43)22-12-14-24(15-13-22)34-27(42)11-7-16-39(2)3/h5,7,9-15,18-19,23H,4,6,8,16-17,20,32H2,1-3H3,(H,34,42)(H,35,43)(H,36,37,38)/b11-7+. The van der Waals surface area contributed by atoms with Crippen LogP contribution in [0.15, 0.2) is 66.9 Å². The van der Waals surface area contributed by atoms with Gasteiger partial charge in [0.2, 0.25) is 17.8 Å². The highest BCUT2D eigenvalue weighted by atomic mass is 16.2. The summed E-state index contributed by atoms with van der Waals surface area (Å²) >= 11 is 0. The molecule has 0 radical (unpaired) electrons. The molecule has 3 heterocycles. The number of aryl methyl sites for hydroxylation is 1. The second-order valence-corrected chi connectivity index (χ2v) is 10.8. The fourth-order valence-electron chi connectivity index (χ4n) is 4.84. The first-order valence-electron chi connectivity index (χ1n) is 14.4. The molecule has 1 unspecified atom stereocenters. The lowest BCUT2D eigenvalue weighted by molar-refractivity contribution is -0.111. The molecule has 0 bridgehead atoms. The first-order valence-corrected chi connectivity index (χ1v) is 14.4. The minimum Gasteiger partial charge on any atom is -0.339 e. The van der Waals surface area contributed by atoms with Crippen LogP contribution in [-0.2, 0) is 11.2 Å². The first kappa shape index (κ1) is 29.7. The fourth-order valence-corrected chi connectivity index (χ4v) is 4.84. The Morgan fingerprint density at radius 2 is 1.86 bits per heavy atom. The number of rotatable bonds is 10. The fraction of sp³-hybridized carbons (Fsp3) is 0.323. The third-order valence-electron chi connectivity index (χ3n) is 7.08. The molecule has 1 aliphatic heterocycles. The molecule has 2 aromatic carbocycles. The predicted octanol–water partition coefficient (Wildman–Crippen LogP) is 3.67. The average Bonchev–Trinajstić information content (AvgIpc) is 3.41. The summed E-state index contributed by atoms with van der Waals surface area (Å²) in [6.07, 6.45) is 7.87. The van der Waals surface area contributed by atoms with Gasteiger partial charge < -0.3 is 31.5 Å². The number of nitrogens with two attached hydrogens (primary N) is 1. The Morgan fingerprint density at radius 3 is 2.60 bits per heavy atom. The van der Waals surface area contributed by atoms with Gasteiger partial charge in [0.25, 0.3) is 5.91 Å². The summed E-state index contributed by atoms with van der Waals surface area (Å²) in [5.41, 5.74) is 10.4. The zero-order chi connectivity index (χ0) is 30.3. The number of aromatic nitrogens is 4. The molecule has 0 spiro atoms. The monoisotopic (exact) mass is 582 g/mol. The third kappa shape index (κ3) is 7.53. The van der Waals surface area contributed by atoms with E-state index in [2.05, 4.69) is 32.9 Å². The summed E-state index contributed by atoms with van der Waals surface area (Å²) in [7, 11) is 3.86. The van der Waals surface area contributed by atoms with Crippen LogP contribution in [0.4, 0.5) is 29.0 Å². The van der Waals surface area contributed by atoms with Crippen molar-refractivity contribution in [2.75, 3.05) is 54.6 Å². The lowest BCUT2D eigenvalue weighted by Gasteiger charge is -2.31. The maximum Gasteiger partial charge on any atom is 0.255 e. The van der Waals surface area contributed by atoms with Gasteiger partial charge in [-0.3, -0.25) is 9.59 Å². The van der Waals surface area contributed by atoms with Gasteiger partial charge in [-0.1, -0.05) is 19.1 Å². The van der Waals surface area contributed by atoms with Crippen LogP contribution in [0.2, 0.25) is 0 Å². The molecule has 1 aliphatic rings. The zero-order valence-electron chi connectivity index (χ0n) is 24.7. The maximum atomic E-state index is 13.0. The van der Waals surface area contributed by atoms with Crippen molar-refractivity contribution < 1.29 is 9.59 Å². The van der Waals surface area contributed by atoms with Crippen LogP contribution in [0, 0.1) is 0 Å². The summed E-state index contributed by atoms with van der Waals surface area (Å²) in [6.45, 7) is 4.30. The molecule has 1 atom stereocenters. The topological polar surface area (TPSA) is 146 Å². The number of nitrogens with one attached hydrogen (secondary N) is 3. The molecule has 0 aliphatic carbocycles. The number of hydrogen-bond donors (Lipinski definition) is 4. The molecular formula is C31H38N10O2. The summed E-state index contributed by atoms with van der Waals surface area (Å²) < 4.78 is 1.70. The smallest absolute Gasteiger partial charge is 0.255 e. The second-order valence-electron chi connectivity index (χ2n) is 10.8. The minimum absolute atomic E-state index is 0.0889.